The molecule has 62 heavy (non-hydrogen) atoms. The second-order valence-electron chi connectivity index (χ2n) is 18.8. The first-order chi connectivity index (χ1) is 29.1. The molecule has 5 aliphatic rings. The Hall–Kier alpha value is -5.25. The molecule has 9 rings (SSSR count). The number of nitriles is 1. The molecule has 13 nitrogen and oxygen atoms in total. The minimum atomic E-state index is -1.71. The number of carbonyl (C=O) groups is 2. The lowest BCUT2D eigenvalue weighted by Gasteiger charge is -2.42. The number of hydrogen-bond acceptors (Lipinski definition) is 12. The van der Waals surface area contributed by atoms with Crippen LogP contribution >= 0.6 is 22.9 Å². The minimum Gasteiger partial charge on any atom is -0.461 e. The predicted molar refractivity (Wildman–Crippen MR) is 226 cm³/mol. The Morgan fingerprint density at radius 1 is 1.10 bits per heavy atom. The fraction of sp³-hybridized carbons (Fsp3) is 0.488. The van der Waals surface area contributed by atoms with Gasteiger partial charge in [0.2, 0.25) is 0 Å². The second kappa shape index (κ2) is 14.4. The zero-order valence-electron chi connectivity index (χ0n) is 34.9. The summed E-state index contributed by atoms with van der Waals surface area (Å²) in [4.78, 5) is 46.0. The molecule has 0 radical (unpaired) electrons. The van der Waals surface area contributed by atoms with E-state index in [1.54, 1.807) is 46.4 Å². The normalized spacial score (nSPS) is 23.2. The van der Waals surface area contributed by atoms with E-state index in [1.807, 2.05) is 15.9 Å². The number of halogens is 5. The molecular weight excluding hydrogens is 852 g/mol. The van der Waals surface area contributed by atoms with Gasteiger partial charge in [-0.3, -0.25) is 15.2 Å². The van der Waals surface area contributed by atoms with Gasteiger partial charge in [0.25, 0.3) is 6.08 Å². The summed E-state index contributed by atoms with van der Waals surface area (Å²) in [5.41, 5.74) is -3.27. The van der Waals surface area contributed by atoms with Crippen LogP contribution in [0.4, 0.5) is 38.0 Å². The third kappa shape index (κ3) is 6.78. The molecule has 2 bridgehead atoms. The maximum absolute atomic E-state index is 17.8. The van der Waals surface area contributed by atoms with Crippen molar-refractivity contribution in [3.8, 4) is 23.3 Å². The maximum Gasteiger partial charge on any atom is 0.412 e. The van der Waals surface area contributed by atoms with E-state index in [0.29, 0.717) is 37.1 Å². The topological polar surface area (TPSA) is 146 Å². The van der Waals surface area contributed by atoms with Crippen LogP contribution in [0.15, 0.2) is 24.4 Å². The molecule has 3 atom stereocenters. The molecule has 4 saturated heterocycles. The van der Waals surface area contributed by atoms with Gasteiger partial charge in [-0.25, -0.2) is 18.4 Å². The van der Waals surface area contributed by atoms with Gasteiger partial charge in [0, 0.05) is 36.2 Å². The summed E-state index contributed by atoms with van der Waals surface area (Å²) in [6, 6.07) is 1.52. The van der Waals surface area contributed by atoms with Gasteiger partial charge >= 0.3 is 18.2 Å². The number of hydrogen-bond donors (Lipinski definition) is 1. The first kappa shape index (κ1) is 42.1. The highest BCUT2D eigenvalue weighted by Crippen LogP contribution is 2.56. The van der Waals surface area contributed by atoms with Crippen molar-refractivity contribution in [3.05, 3.63) is 52.2 Å². The van der Waals surface area contributed by atoms with E-state index in [-0.39, 0.29) is 104 Å². The Kier molecular flexibility index (Phi) is 9.77. The average molecular weight is 895 g/mol. The predicted octanol–water partition coefficient (Wildman–Crippen LogP) is 9.81. The van der Waals surface area contributed by atoms with Crippen molar-refractivity contribution in [1.29, 1.82) is 5.26 Å². The summed E-state index contributed by atoms with van der Waals surface area (Å²) in [6.07, 6.45) is 0.0526. The van der Waals surface area contributed by atoms with Crippen LogP contribution in [0, 0.1) is 23.0 Å². The fourth-order valence-electron chi connectivity index (χ4n) is 9.96. The van der Waals surface area contributed by atoms with Gasteiger partial charge in [-0.1, -0.05) is 18.2 Å². The standard InChI is InChI=1S/C43H43ClF4N8O5S/c1-20-11-43-13-22(55(18-43)39(58)61-41(5,6)7)17-56(43)35-27-25(20)29(44)28(31-26-23(14-49)36(53-38(57)60-40(2,3)4)62-33(26)24(45)15-50-31)30(46)32(27)51-37(52-35)59-19-42-9-8-10-54(42)16-21(12-42)34(47)48/h15,22H,1,8-13,16-19H2,2-7H3,(H,53,57)/t22-,42+,43-/m1/s1. The van der Waals surface area contributed by atoms with Crippen molar-refractivity contribution in [2.45, 2.75) is 102 Å². The van der Waals surface area contributed by atoms with E-state index >= 15 is 8.78 Å². The molecule has 4 aromatic rings. The van der Waals surface area contributed by atoms with Gasteiger partial charge < -0.3 is 24.0 Å². The minimum absolute atomic E-state index is 0.0464. The molecule has 0 saturated carbocycles. The van der Waals surface area contributed by atoms with Crippen molar-refractivity contribution in [2.24, 2.45) is 0 Å². The van der Waals surface area contributed by atoms with Crippen molar-refractivity contribution < 1.29 is 41.4 Å². The van der Waals surface area contributed by atoms with Crippen LogP contribution in [0.1, 0.15) is 84.8 Å². The number of fused-ring (bicyclic) bond motifs is 4. The Labute approximate surface area is 363 Å². The fourth-order valence-corrected chi connectivity index (χ4v) is 11.4. The third-order valence-corrected chi connectivity index (χ3v) is 13.8. The third-order valence-electron chi connectivity index (χ3n) is 12.3. The number of amides is 2. The summed E-state index contributed by atoms with van der Waals surface area (Å²) in [5.74, 6) is -1.52. The van der Waals surface area contributed by atoms with Crippen LogP contribution in [0.5, 0.6) is 6.01 Å². The molecular formula is C43H43ClF4N8O5S. The molecule has 1 spiro atoms. The summed E-state index contributed by atoms with van der Waals surface area (Å²) < 4.78 is 78.7. The Bertz CT molecular complexity index is 2720. The van der Waals surface area contributed by atoms with Gasteiger partial charge in [-0.15, -0.1) is 11.3 Å². The lowest BCUT2D eigenvalue weighted by atomic mass is 9.87. The van der Waals surface area contributed by atoms with Crippen LogP contribution in [-0.2, 0) is 9.47 Å². The smallest absolute Gasteiger partial charge is 0.412 e. The molecule has 0 aliphatic carbocycles. The second-order valence-corrected chi connectivity index (χ2v) is 20.2. The molecule has 3 aromatic heterocycles. The van der Waals surface area contributed by atoms with Gasteiger partial charge in [-0.05, 0) is 85.8 Å². The van der Waals surface area contributed by atoms with E-state index in [0.717, 1.165) is 24.0 Å². The lowest BCUT2D eigenvalue weighted by molar-refractivity contribution is 0.0200. The summed E-state index contributed by atoms with van der Waals surface area (Å²) >= 11 is 8.08. The Balaban J connectivity index is 1.22. The highest BCUT2D eigenvalue weighted by Gasteiger charge is 2.59. The number of likely N-dealkylation sites (tertiary alicyclic amines) is 1. The Morgan fingerprint density at radius 3 is 2.53 bits per heavy atom. The summed E-state index contributed by atoms with van der Waals surface area (Å²) in [7, 11) is 0. The van der Waals surface area contributed by atoms with Gasteiger partial charge in [0.05, 0.1) is 55.2 Å². The average Bonchev–Trinajstić information content (AvgIpc) is 3.97. The number of piperazine rings is 1. The summed E-state index contributed by atoms with van der Waals surface area (Å²) in [5, 5.41) is 12.9. The maximum atomic E-state index is 17.8. The number of ether oxygens (including phenoxy) is 3. The number of anilines is 2. The molecule has 2 amide bonds. The number of nitrogens with zero attached hydrogens (tertiary/aromatic N) is 7. The van der Waals surface area contributed by atoms with Crippen LogP contribution < -0.4 is 15.0 Å². The molecule has 0 unspecified atom stereocenters. The number of benzene rings is 1. The lowest BCUT2D eigenvalue weighted by Crippen LogP contribution is -2.56. The number of aromatic nitrogens is 3. The first-order valence-electron chi connectivity index (χ1n) is 20.2. The van der Waals surface area contributed by atoms with Gasteiger partial charge in [0.1, 0.15) is 40.2 Å². The quantitative estimate of drug-likeness (QED) is 0.191. The van der Waals surface area contributed by atoms with Crippen LogP contribution in [0.3, 0.4) is 0 Å². The van der Waals surface area contributed by atoms with Crippen LogP contribution in [0.25, 0.3) is 37.8 Å². The van der Waals surface area contributed by atoms with Crippen LogP contribution in [0.2, 0.25) is 5.02 Å². The van der Waals surface area contributed by atoms with E-state index < -0.39 is 52.2 Å². The zero-order valence-corrected chi connectivity index (χ0v) is 36.5. The van der Waals surface area contributed by atoms with Crippen LogP contribution in [-0.4, -0.2) is 98.0 Å². The molecule has 8 heterocycles. The van der Waals surface area contributed by atoms with Crippen molar-refractivity contribution >= 4 is 72.5 Å². The number of nitrogens with one attached hydrogen (secondary N) is 1. The first-order valence-corrected chi connectivity index (χ1v) is 21.4. The molecule has 5 aliphatic heterocycles. The van der Waals surface area contributed by atoms with E-state index in [9.17, 15) is 23.6 Å². The Morgan fingerprint density at radius 2 is 1.84 bits per heavy atom. The largest absolute Gasteiger partial charge is 0.461 e. The molecule has 19 heteroatoms. The number of rotatable bonds is 5. The number of carbonyl (C=O) groups excluding carboxylic acids is 2. The van der Waals surface area contributed by atoms with E-state index in [2.05, 4.69) is 21.9 Å². The zero-order chi connectivity index (χ0) is 44.4. The van der Waals surface area contributed by atoms with Crippen molar-refractivity contribution in [3.63, 3.8) is 0 Å². The molecule has 326 valence electrons. The number of thiophene rings is 1. The van der Waals surface area contributed by atoms with Crippen molar-refractivity contribution in [1.82, 2.24) is 24.8 Å². The molecule has 1 aromatic carbocycles. The molecule has 1 N–H and O–H groups in total. The number of pyridine rings is 1. The highest BCUT2D eigenvalue weighted by atomic mass is 35.5. The summed E-state index contributed by atoms with van der Waals surface area (Å²) in [6.45, 7) is 16.0. The highest BCUT2D eigenvalue weighted by molar-refractivity contribution is 7.23. The van der Waals surface area contributed by atoms with Crippen molar-refractivity contribution in [2.75, 3.05) is 43.0 Å². The van der Waals surface area contributed by atoms with Gasteiger partial charge in [0.15, 0.2) is 11.6 Å². The van der Waals surface area contributed by atoms with Gasteiger partial charge in [-0.2, -0.15) is 24.0 Å². The van der Waals surface area contributed by atoms with E-state index in [4.69, 9.17) is 30.8 Å². The SMILES string of the molecule is C=C1C[C@]23C[C@H](CN2c2nc(OC[C@@]45CCCN4CC(=C(F)F)C5)nc4c(F)c(-c5ncc(F)c6sc(NC(=O)OC(C)(C)C)c(C#N)c56)c(Cl)c1c24)N(C(=O)OC(C)(C)C)C3. The monoisotopic (exact) mass is 894 g/mol. The molecule has 4 fully saturated rings. The van der Waals surface area contributed by atoms with E-state index in [1.165, 1.54) is 0 Å².